The van der Waals surface area contributed by atoms with E-state index in [1.165, 1.54) is 57.1 Å². The number of nitrogens with zero attached hydrogens (tertiary/aromatic N) is 4. The van der Waals surface area contributed by atoms with E-state index in [4.69, 9.17) is 4.52 Å². The van der Waals surface area contributed by atoms with Gasteiger partial charge in [-0.2, -0.15) is 18.2 Å². The average molecular weight is 537 g/mol. The number of piperazine rings is 1. The third-order valence-electron chi connectivity index (χ3n) is 7.01. The quantitative estimate of drug-likeness (QED) is 0.282. The Morgan fingerprint density at radius 3 is 2.34 bits per heavy atom. The van der Waals surface area contributed by atoms with Gasteiger partial charge in [-0.05, 0) is 31.5 Å². The van der Waals surface area contributed by atoms with Crippen LogP contribution in [0.4, 0.5) is 13.2 Å². The molecule has 210 valence electrons. The van der Waals surface area contributed by atoms with Gasteiger partial charge in [-0.3, -0.25) is 9.59 Å². The first-order valence-corrected chi connectivity index (χ1v) is 13.8. The highest BCUT2D eigenvalue weighted by atomic mass is 19.4. The third-order valence-corrected chi connectivity index (χ3v) is 7.01. The molecule has 1 saturated heterocycles. The molecule has 7 nitrogen and oxygen atoms in total. The first-order valence-electron chi connectivity index (χ1n) is 13.8. The molecule has 1 aromatic carbocycles. The highest BCUT2D eigenvalue weighted by Crippen LogP contribution is 2.31. The predicted molar refractivity (Wildman–Crippen MR) is 138 cm³/mol. The molecule has 0 aliphatic carbocycles. The summed E-state index contributed by atoms with van der Waals surface area (Å²) in [6, 6.07) is 4.52. The molecule has 1 aliphatic rings. The Morgan fingerprint density at radius 1 is 1.00 bits per heavy atom. The minimum atomic E-state index is -4.48. The van der Waals surface area contributed by atoms with Gasteiger partial charge >= 0.3 is 6.18 Å². The zero-order chi connectivity index (χ0) is 27.5. The van der Waals surface area contributed by atoms with E-state index in [2.05, 4.69) is 17.1 Å². The molecule has 1 aromatic heterocycles. The number of amides is 2. The Morgan fingerprint density at radius 2 is 1.68 bits per heavy atom. The normalized spacial score (nSPS) is 16.2. The van der Waals surface area contributed by atoms with Gasteiger partial charge in [0.25, 0.3) is 5.89 Å². The number of hydrogen-bond donors (Lipinski definition) is 0. The van der Waals surface area contributed by atoms with Crippen molar-refractivity contribution in [3.63, 3.8) is 0 Å². The largest absolute Gasteiger partial charge is 0.416 e. The van der Waals surface area contributed by atoms with E-state index in [0.717, 1.165) is 25.0 Å². The molecule has 0 spiro atoms. The van der Waals surface area contributed by atoms with Crippen molar-refractivity contribution >= 4 is 11.8 Å². The molecule has 1 atom stereocenters. The Hall–Kier alpha value is -2.91. The zero-order valence-corrected chi connectivity index (χ0v) is 22.4. The Kier molecular flexibility index (Phi) is 11.2. The van der Waals surface area contributed by atoms with Crippen molar-refractivity contribution in [1.29, 1.82) is 0 Å². The summed E-state index contributed by atoms with van der Waals surface area (Å²) in [7, 11) is 0. The number of carbonyl (C=O) groups excluding carboxylic acids is 2. The van der Waals surface area contributed by atoms with Crippen LogP contribution in [0.15, 0.2) is 28.8 Å². The maximum absolute atomic E-state index is 13.0. The number of halogens is 3. The summed E-state index contributed by atoms with van der Waals surface area (Å²) in [6.45, 7) is 5.47. The fraction of sp³-hybridized carbons (Fsp3) is 0.643. The SMILES string of the molecule is CCCCCCCCCCCC(=O)N1CCN(C(=O)Cc2noc(-c3cccc(C(F)(F)F)c3)n2)CC1C. The monoisotopic (exact) mass is 536 g/mol. The summed E-state index contributed by atoms with van der Waals surface area (Å²) in [6.07, 6.45) is 6.76. The van der Waals surface area contributed by atoms with E-state index in [-0.39, 0.29) is 41.6 Å². The minimum absolute atomic E-state index is 0.0702. The van der Waals surface area contributed by atoms with E-state index >= 15 is 0 Å². The molecule has 10 heteroatoms. The van der Waals surface area contributed by atoms with Crippen molar-refractivity contribution in [2.75, 3.05) is 19.6 Å². The molecule has 0 N–H and O–H groups in total. The van der Waals surface area contributed by atoms with Gasteiger partial charge in [-0.15, -0.1) is 0 Å². The van der Waals surface area contributed by atoms with Gasteiger partial charge in [0.05, 0.1) is 12.0 Å². The molecule has 0 saturated carbocycles. The molecule has 2 aromatic rings. The van der Waals surface area contributed by atoms with Gasteiger partial charge in [-0.1, -0.05) is 69.5 Å². The second-order valence-corrected chi connectivity index (χ2v) is 10.1. The Bertz CT molecular complexity index is 1040. The van der Waals surface area contributed by atoms with Gasteiger partial charge in [0.15, 0.2) is 5.82 Å². The van der Waals surface area contributed by atoms with E-state index in [1.807, 2.05) is 11.8 Å². The fourth-order valence-electron chi connectivity index (χ4n) is 4.80. The van der Waals surface area contributed by atoms with Gasteiger partial charge in [0.1, 0.15) is 0 Å². The van der Waals surface area contributed by atoms with Gasteiger partial charge in [-0.25, -0.2) is 0 Å². The highest BCUT2D eigenvalue weighted by molar-refractivity contribution is 5.80. The summed E-state index contributed by atoms with van der Waals surface area (Å²) < 4.78 is 44.1. The van der Waals surface area contributed by atoms with Gasteiger partial charge in [0.2, 0.25) is 11.8 Å². The summed E-state index contributed by atoms with van der Waals surface area (Å²) >= 11 is 0. The molecule has 1 fully saturated rings. The van der Waals surface area contributed by atoms with Crippen LogP contribution in [0.2, 0.25) is 0 Å². The molecule has 1 aliphatic heterocycles. The van der Waals surface area contributed by atoms with Crippen LogP contribution in [0.25, 0.3) is 11.5 Å². The lowest BCUT2D eigenvalue weighted by atomic mass is 10.1. The maximum Gasteiger partial charge on any atom is 0.416 e. The summed E-state index contributed by atoms with van der Waals surface area (Å²) in [5.74, 6) is -0.0335. The molecule has 3 rings (SSSR count). The van der Waals surface area contributed by atoms with Crippen LogP contribution in [0.3, 0.4) is 0 Å². The predicted octanol–water partition coefficient (Wildman–Crippen LogP) is 6.28. The van der Waals surface area contributed by atoms with Crippen molar-refractivity contribution in [3.8, 4) is 11.5 Å². The third kappa shape index (κ3) is 8.84. The summed E-state index contributed by atoms with van der Waals surface area (Å²) in [5.41, 5.74) is -0.677. The molecule has 0 bridgehead atoms. The Balaban J connectivity index is 1.40. The highest BCUT2D eigenvalue weighted by Gasteiger charge is 2.32. The van der Waals surface area contributed by atoms with Crippen LogP contribution < -0.4 is 0 Å². The lowest BCUT2D eigenvalue weighted by Gasteiger charge is -2.40. The van der Waals surface area contributed by atoms with E-state index in [0.29, 0.717) is 26.1 Å². The van der Waals surface area contributed by atoms with Crippen molar-refractivity contribution in [1.82, 2.24) is 19.9 Å². The van der Waals surface area contributed by atoms with Crippen molar-refractivity contribution in [2.24, 2.45) is 0 Å². The van der Waals surface area contributed by atoms with Gasteiger partial charge in [0, 0.05) is 37.7 Å². The maximum atomic E-state index is 13.0. The Labute approximate surface area is 222 Å². The lowest BCUT2D eigenvalue weighted by Crippen LogP contribution is -2.55. The second-order valence-electron chi connectivity index (χ2n) is 10.1. The van der Waals surface area contributed by atoms with Gasteiger partial charge < -0.3 is 14.3 Å². The minimum Gasteiger partial charge on any atom is -0.338 e. The molecule has 2 heterocycles. The number of aromatic nitrogens is 2. The van der Waals surface area contributed by atoms with Crippen LogP contribution in [-0.2, 0) is 22.2 Å². The average Bonchev–Trinajstić information content (AvgIpc) is 3.35. The van der Waals surface area contributed by atoms with Crippen LogP contribution in [-0.4, -0.2) is 57.4 Å². The van der Waals surface area contributed by atoms with Crippen molar-refractivity contribution in [3.05, 3.63) is 35.7 Å². The number of unbranched alkanes of at least 4 members (excludes halogenated alkanes) is 8. The number of carbonyl (C=O) groups is 2. The zero-order valence-electron chi connectivity index (χ0n) is 22.4. The van der Waals surface area contributed by atoms with Crippen LogP contribution in [0, 0.1) is 0 Å². The first-order chi connectivity index (χ1) is 18.2. The lowest BCUT2D eigenvalue weighted by molar-refractivity contribution is -0.142. The van der Waals surface area contributed by atoms with Crippen LogP contribution in [0.5, 0.6) is 0 Å². The summed E-state index contributed by atoms with van der Waals surface area (Å²) in [5, 5.41) is 3.78. The van der Waals surface area contributed by atoms with Crippen LogP contribution >= 0.6 is 0 Å². The number of hydrogen-bond acceptors (Lipinski definition) is 5. The standard InChI is InChI=1S/C28H39F3N4O3/c1-3-4-5-6-7-8-9-10-11-15-25(36)35-17-16-34(20-21(35)2)26(37)19-24-32-27(38-33-24)22-13-12-14-23(18-22)28(29,30)31/h12-14,18,21H,3-11,15-17,19-20H2,1-2H3. The molecule has 0 radical (unpaired) electrons. The van der Waals surface area contributed by atoms with Crippen LogP contribution in [0.1, 0.15) is 89.4 Å². The van der Waals surface area contributed by atoms with E-state index < -0.39 is 11.7 Å². The molecule has 1 unspecified atom stereocenters. The molecule has 2 amide bonds. The molecular weight excluding hydrogens is 497 g/mol. The molecular formula is C28H39F3N4O3. The topological polar surface area (TPSA) is 79.5 Å². The number of benzene rings is 1. The smallest absolute Gasteiger partial charge is 0.338 e. The first kappa shape index (κ1) is 29.6. The van der Waals surface area contributed by atoms with E-state index in [9.17, 15) is 22.8 Å². The number of alkyl halides is 3. The number of rotatable bonds is 13. The van der Waals surface area contributed by atoms with E-state index in [1.54, 1.807) is 4.90 Å². The molecule has 38 heavy (non-hydrogen) atoms. The fourth-order valence-corrected chi connectivity index (χ4v) is 4.80. The summed E-state index contributed by atoms with van der Waals surface area (Å²) in [4.78, 5) is 33.2. The van der Waals surface area contributed by atoms with Crippen molar-refractivity contribution in [2.45, 2.75) is 96.7 Å². The van der Waals surface area contributed by atoms with Crippen molar-refractivity contribution < 1.29 is 27.3 Å². The second kappa shape index (κ2) is 14.3.